The van der Waals surface area contributed by atoms with E-state index in [-0.39, 0.29) is 5.78 Å². The molecule has 0 spiro atoms. The summed E-state index contributed by atoms with van der Waals surface area (Å²) in [7, 11) is 0. The van der Waals surface area contributed by atoms with E-state index in [0.29, 0.717) is 10.8 Å². The van der Waals surface area contributed by atoms with Gasteiger partial charge in [-0.1, -0.05) is 30.3 Å². The molecule has 0 aliphatic heterocycles. The standard InChI is InChI=1S/C16H19ClN2OS/c1-4-7-19-11(2)8-14(12(19)3)15(20)10-21-16-6-5-13(17)9-18-16/h5-6,8-9H,4,7,10H2,1-3H3. The van der Waals surface area contributed by atoms with Gasteiger partial charge in [0.05, 0.1) is 15.8 Å². The van der Waals surface area contributed by atoms with E-state index in [0.717, 1.165) is 34.9 Å². The quantitative estimate of drug-likeness (QED) is 0.578. The Balaban J connectivity index is 2.07. The highest BCUT2D eigenvalue weighted by molar-refractivity contribution is 7.99. The molecule has 2 aromatic rings. The molecule has 0 bridgehead atoms. The Morgan fingerprint density at radius 1 is 1.38 bits per heavy atom. The summed E-state index contributed by atoms with van der Waals surface area (Å²) in [4.78, 5) is 16.6. The van der Waals surface area contributed by atoms with Gasteiger partial charge in [-0.15, -0.1) is 0 Å². The van der Waals surface area contributed by atoms with Gasteiger partial charge in [-0.2, -0.15) is 0 Å². The molecule has 5 heteroatoms. The largest absolute Gasteiger partial charge is 0.348 e. The monoisotopic (exact) mass is 322 g/mol. The minimum atomic E-state index is 0.146. The van der Waals surface area contributed by atoms with Crippen molar-refractivity contribution in [3.63, 3.8) is 0 Å². The van der Waals surface area contributed by atoms with E-state index in [1.54, 1.807) is 12.3 Å². The first kappa shape index (κ1) is 16.1. The average molecular weight is 323 g/mol. The van der Waals surface area contributed by atoms with Crippen LogP contribution in [0, 0.1) is 13.8 Å². The smallest absolute Gasteiger partial charge is 0.174 e. The number of aryl methyl sites for hydroxylation is 1. The number of nitrogens with zero attached hydrogens (tertiary/aromatic N) is 2. The van der Waals surface area contributed by atoms with Crippen molar-refractivity contribution in [2.24, 2.45) is 0 Å². The van der Waals surface area contributed by atoms with Crippen LogP contribution in [-0.2, 0) is 6.54 Å². The summed E-state index contributed by atoms with van der Waals surface area (Å²) in [5.74, 6) is 0.539. The van der Waals surface area contributed by atoms with E-state index in [1.807, 2.05) is 26.0 Å². The maximum atomic E-state index is 12.4. The molecular formula is C16H19ClN2OS. The van der Waals surface area contributed by atoms with E-state index < -0.39 is 0 Å². The van der Waals surface area contributed by atoms with Crippen molar-refractivity contribution in [3.05, 3.63) is 46.4 Å². The normalized spacial score (nSPS) is 10.9. The van der Waals surface area contributed by atoms with Crippen molar-refractivity contribution in [2.45, 2.75) is 38.8 Å². The minimum Gasteiger partial charge on any atom is -0.348 e. The molecule has 0 unspecified atom stereocenters. The van der Waals surface area contributed by atoms with Crippen LogP contribution < -0.4 is 0 Å². The van der Waals surface area contributed by atoms with Crippen molar-refractivity contribution in [2.75, 3.05) is 5.75 Å². The fourth-order valence-electron chi connectivity index (χ4n) is 2.32. The Kier molecular flexibility index (Phi) is 5.48. The number of halogens is 1. The second-order valence-electron chi connectivity index (χ2n) is 4.96. The highest BCUT2D eigenvalue weighted by Crippen LogP contribution is 2.21. The second kappa shape index (κ2) is 7.14. The van der Waals surface area contributed by atoms with Gasteiger partial charge in [0, 0.05) is 29.7 Å². The van der Waals surface area contributed by atoms with E-state index in [1.165, 1.54) is 11.8 Å². The third-order valence-corrected chi connectivity index (χ3v) is 4.54. The van der Waals surface area contributed by atoms with Gasteiger partial charge in [0.25, 0.3) is 0 Å². The van der Waals surface area contributed by atoms with E-state index >= 15 is 0 Å². The van der Waals surface area contributed by atoms with Crippen LogP contribution in [0.25, 0.3) is 0 Å². The number of hydrogen-bond acceptors (Lipinski definition) is 3. The molecule has 0 atom stereocenters. The van der Waals surface area contributed by atoms with Crippen LogP contribution in [0.2, 0.25) is 5.02 Å². The number of thioether (sulfide) groups is 1. The summed E-state index contributed by atoms with van der Waals surface area (Å²) >= 11 is 7.24. The Morgan fingerprint density at radius 2 is 2.14 bits per heavy atom. The zero-order valence-corrected chi connectivity index (χ0v) is 14.1. The number of pyridine rings is 1. The summed E-state index contributed by atoms with van der Waals surface area (Å²) in [5, 5.41) is 1.42. The summed E-state index contributed by atoms with van der Waals surface area (Å²) in [5.41, 5.74) is 3.03. The molecule has 2 aromatic heterocycles. The Bertz CT molecular complexity index is 634. The summed E-state index contributed by atoms with van der Waals surface area (Å²) in [6.07, 6.45) is 2.66. The van der Waals surface area contributed by atoms with Crippen LogP contribution in [0.4, 0.5) is 0 Å². The number of hydrogen-bond donors (Lipinski definition) is 0. The molecule has 21 heavy (non-hydrogen) atoms. The van der Waals surface area contributed by atoms with Crippen LogP contribution in [0.3, 0.4) is 0 Å². The van der Waals surface area contributed by atoms with Crippen LogP contribution in [0.5, 0.6) is 0 Å². The van der Waals surface area contributed by atoms with Gasteiger partial charge < -0.3 is 4.57 Å². The van der Waals surface area contributed by atoms with Gasteiger partial charge in [-0.3, -0.25) is 4.79 Å². The lowest BCUT2D eigenvalue weighted by Gasteiger charge is -2.07. The third-order valence-electron chi connectivity index (χ3n) is 3.37. The van der Waals surface area contributed by atoms with Crippen molar-refractivity contribution < 1.29 is 4.79 Å². The SMILES string of the molecule is CCCn1c(C)cc(C(=O)CSc2ccc(Cl)cn2)c1C. The van der Waals surface area contributed by atoms with Crippen molar-refractivity contribution >= 4 is 29.1 Å². The highest BCUT2D eigenvalue weighted by atomic mass is 35.5. The molecule has 112 valence electrons. The lowest BCUT2D eigenvalue weighted by molar-refractivity contribution is 0.102. The second-order valence-corrected chi connectivity index (χ2v) is 6.40. The number of ketones is 1. The van der Waals surface area contributed by atoms with E-state index in [4.69, 9.17) is 11.6 Å². The number of aromatic nitrogens is 2. The van der Waals surface area contributed by atoms with Gasteiger partial charge in [-0.05, 0) is 38.5 Å². The first-order chi connectivity index (χ1) is 10.0. The van der Waals surface area contributed by atoms with Crippen molar-refractivity contribution in [1.82, 2.24) is 9.55 Å². The molecule has 0 fully saturated rings. The van der Waals surface area contributed by atoms with Gasteiger partial charge in [0.1, 0.15) is 0 Å². The molecule has 0 radical (unpaired) electrons. The van der Waals surface area contributed by atoms with E-state index in [2.05, 4.69) is 16.5 Å². The van der Waals surface area contributed by atoms with Crippen LogP contribution in [0.15, 0.2) is 29.4 Å². The number of carbonyl (C=O) groups excluding carboxylic acids is 1. The highest BCUT2D eigenvalue weighted by Gasteiger charge is 2.15. The van der Waals surface area contributed by atoms with Crippen LogP contribution in [-0.4, -0.2) is 21.1 Å². The van der Waals surface area contributed by atoms with Crippen molar-refractivity contribution in [1.29, 1.82) is 0 Å². The maximum absolute atomic E-state index is 12.4. The average Bonchev–Trinajstić information content (AvgIpc) is 2.75. The lowest BCUT2D eigenvalue weighted by Crippen LogP contribution is -2.06. The fourth-order valence-corrected chi connectivity index (χ4v) is 3.15. The zero-order chi connectivity index (χ0) is 15.4. The Labute approximate surface area is 134 Å². The Morgan fingerprint density at radius 3 is 2.76 bits per heavy atom. The van der Waals surface area contributed by atoms with E-state index in [9.17, 15) is 4.79 Å². The van der Waals surface area contributed by atoms with Gasteiger partial charge in [-0.25, -0.2) is 4.98 Å². The molecule has 0 N–H and O–H groups in total. The first-order valence-corrected chi connectivity index (χ1v) is 8.33. The lowest BCUT2D eigenvalue weighted by atomic mass is 10.2. The predicted molar refractivity (Wildman–Crippen MR) is 88.5 cm³/mol. The van der Waals surface area contributed by atoms with Crippen molar-refractivity contribution in [3.8, 4) is 0 Å². The number of Topliss-reactive ketones (excluding diaryl/α,β-unsaturated/α-hetero) is 1. The molecule has 0 saturated carbocycles. The number of rotatable bonds is 6. The maximum Gasteiger partial charge on any atom is 0.174 e. The van der Waals surface area contributed by atoms with Crippen LogP contribution in [0.1, 0.15) is 35.1 Å². The molecule has 0 aliphatic rings. The molecule has 0 aromatic carbocycles. The third kappa shape index (κ3) is 3.89. The van der Waals surface area contributed by atoms with Gasteiger partial charge in [0.2, 0.25) is 0 Å². The summed E-state index contributed by atoms with van der Waals surface area (Å²) in [6.45, 7) is 7.16. The molecule has 2 rings (SSSR count). The Hall–Kier alpha value is -1.26. The molecule has 0 amide bonds. The fraction of sp³-hybridized carbons (Fsp3) is 0.375. The predicted octanol–water partition coefficient (Wildman–Crippen LogP) is 4.54. The first-order valence-electron chi connectivity index (χ1n) is 6.97. The van der Waals surface area contributed by atoms with Crippen LogP contribution >= 0.6 is 23.4 Å². The molecule has 0 saturated heterocycles. The van der Waals surface area contributed by atoms with Gasteiger partial charge in [0.15, 0.2) is 5.78 Å². The summed E-state index contributed by atoms with van der Waals surface area (Å²) in [6, 6.07) is 5.61. The zero-order valence-electron chi connectivity index (χ0n) is 12.5. The molecule has 0 aliphatic carbocycles. The summed E-state index contributed by atoms with van der Waals surface area (Å²) < 4.78 is 2.21. The minimum absolute atomic E-state index is 0.146. The molecule has 3 nitrogen and oxygen atoms in total. The number of carbonyl (C=O) groups is 1. The molecule has 2 heterocycles. The van der Waals surface area contributed by atoms with Gasteiger partial charge >= 0.3 is 0 Å². The topological polar surface area (TPSA) is 34.9 Å². The molecular weight excluding hydrogens is 304 g/mol.